The molecule has 104 valence electrons. The highest BCUT2D eigenvalue weighted by Crippen LogP contribution is 2.45. The van der Waals surface area contributed by atoms with E-state index in [1.54, 1.807) is 0 Å². The lowest BCUT2D eigenvalue weighted by molar-refractivity contribution is -0.0640. The van der Waals surface area contributed by atoms with Crippen molar-refractivity contribution in [1.29, 1.82) is 0 Å². The van der Waals surface area contributed by atoms with Gasteiger partial charge in [0.2, 0.25) is 0 Å². The fraction of sp³-hybridized carbons (Fsp3) is 0.647. The Bertz CT molecular complexity index is 411. The summed E-state index contributed by atoms with van der Waals surface area (Å²) in [6.07, 6.45) is 15.6. The summed E-state index contributed by atoms with van der Waals surface area (Å²) in [4.78, 5) is 2.13. The van der Waals surface area contributed by atoms with Gasteiger partial charge in [-0.3, -0.25) is 4.90 Å². The predicted octanol–water partition coefficient (Wildman–Crippen LogP) is 2.83. The minimum absolute atomic E-state index is 0.262. The second kappa shape index (κ2) is 5.26. The lowest BCUT2D eigenvalue weighted by Gasteiger charge is -2.48. The second-order valence-corrected chi connectivity index (χ2v) is 6.52. The SMILES string of the molecule is CC1C=CC2CC(O)N(C)CC2C1C1C=CC=CC1. The van der Waals surface area contributed by atoms with Crippen LogP contribution in [0.3, 0.4) is 0 Å². The Morgan fingerprint density at radius 3 is 2.68 bits per heavy atom. The van der Waals surface area contributed by atoms with Crippen molar-refractivity contribution in [1.82, 2.24) is 4.90 Å². The molecule has 0 saturated carbocycles. The molecule has 19 heavy (non-hydrogen) atoms. The van der Waals surface area contributed by atoms with E-state index >= 15 is 0 Å². The van der Waals surface area contributed by atoms with E-state index in [-0.39, 0.29) is 6.23 Å². The van der Waals surface area contributed by atoms with Crippen LogP contribution < -0.4 is 0 Å². The van der Waals surface area contributed by atoms with Gasteiger partial charge in [0.15, 0.2) is 0 Å². The quantitative estimate of drug-likeness (QED) is 0.732. The first-order chi connectivity index (χ1) is 9.16. The fourth-order valence-electron chi connectivity index (χ4n) is 4.24. The van der Waals surface area contributed by atoms with Crippen LogP contribution in [0.5, 0.6) is 0 Å². The molecule has 1 saturated heterocycles. The highest BCUT2D eigenvalue weighted by atomic mass is 16.3. The van der Waals surface area contributed by atoms with Crippen LogP contribution in [-0.2, 0) is 0 Å². The van der Waals surface area contributed by atoms with Gasteiger partial charge in [0.05, 0.1) is 0 Å². The third kappa shape index (κ3) is 2.44. The van der Waals surface area contributed by atoms with Crippen molar-refractivity contribution in [3.8, 4) is 0 Å². The Balaban J connectivity index is 1.84. The van der Waals surface area contributed by atoms with Crippen LogP contribution in [0.15, 0.2) is 36.5 Å². The highest BCUT2D eigenvalue weighted by Gasteiger charge is 2.42. The number of piperidine rings is 1. The van der Waals surface area contributed by atoms with Crippen molar-refractivity contribution in [2.45, 2.75) is 26.0 Å². The van der Waals surface area contributed by atoms with E-state index in [4.69, 9.17) is 0 Å². The lowest BCUT2D eigenvalue weighted by Crippen LogP contribution is -2.50. The van der Waals surface area contributed by atoms with Crippen LogP contribution in [0.4, 0.5) is 0 Å². The maximum atomic E-state index is 10.0. The molecule has 1 heterocycles. The first kappa shape index (κ1) is 13.1. The molecule has 0 radical (unpaired) electrons. The zero-order valence-electron chi connectivity index (χ0n) is 11.9. The minimum atomic E-state index is -0.262. The molecule has 2 heteroatoms. The Morgan fingerprint density at radius 1 is 1.11 bits per heavy atom. The van der Waals surface area contributed by atoms with Gasteiger partial charge < -0.3 is 5.11 Å². The zero-order valence-corrected chi connectivity index (χ0v) is 11.9. The van der Waals surface area contributed by atoms with Crippen molar-refractivity contribution in [2.75, 3.05) is 13.6 Å². The first-order valence-electron chi connectivity index (χ1n) is 7.57. The van der Waals surface area contributed by atoms with Crippen LogP contribution in [0, 0.1) is 29.6 Å². The van der Waals surface area contributed by atoms with Crippen LogP contribution in [0.2, 0.25) is 0 Å². The molecule has 1 aliphatic heterocycles. The summed E-state index contributed by atoms with van der Waals surface area (Å²) in [7, 11) is 2.05. The molecule has 1 fully saturated rings. The maximum Gasteiger partial charge on any atom is 0.107 e. The Hall–Kier alpha value is -0.860. The molecule has 0 aromatic rings. The van der Waals surface area contributed by atoms with E-state index in [0.29, 0.717) is 29.6 Å². The first-order valence-corrected chi connectivity index (χ1v) is 7.57. The van der Waals surface area contributed by atoms with Crippen molar-refractivity contribution >= 4 is 0 Å². The molecule has 6 unspecified atom stereocenters. The van der Waals surface area contributed by atoms with E-state index in [0.717, 1.165) is 13.0 Å². The lowest BCUT2D eigenvalue weighted by atomic mass is 9.62. The molecule has 0 spiro atoms. The van der Waals surface area contributed by atoms with Gasteiger partial charge in [-0.1, -0.05) is 43.4 Å². The average Bonchev–Trinajstić information content (AvgIpc) is 2.42. The summed E-state index contributed by atoms with van der Waals surface area (Å²) in [5, 5.41) is 10.0. The molecule has 0 aromatic heterocycles. The topological polar surface area (TPSA) is 23.5 Å². The van der Waals surface area contributed by atoms with E-state index in [2.05, 4.69) is 55.3 Å². The monoisotopic (exact) mass is 259 g/mol. The summed E-state index contributed by atoms with van der Waals surface area (Å²) < 4.78 is 0. The standard InChI is InChI=1S/C17H25NO/c1-12-8-9-14-10-16(19)18(2)11-15(14)17(12)13-6-4-3-5-7-13/h3-6,8-9,12-17,19H,7,10-11H2,1-2H3. The van der Waals surface area contributed by atoms with E-state index in [1.165, 1.54) is 6.42 Å². The smallest absolute Gasteiger partial charge is 0.107 e. The summed E-state index contributed by atoms with van der Waals surface area (Å²) in [6.45, 7) is 3.38. The number of nitrogens with zero attached hydrogens (tertiary/aromatic N) is 1. The molecular weight excluding hydrogens is 234 g/mol. The molecule has 6 atom stereocenters. The minimum Gasteiger partial charge on any atom is -0.378 e. The van der Waals surface area contributed by atoms with Crippen molar-refractivity contribution in [2.24, 2.45) is 29.6 Å². The van der Waals surface area contributed by atoms with E-state index in [9.17, 15) is 5.11 Å². The average molecular weight is 259 g/mol. The molecule has 3 aliphatic rings. The molecule has 2 nitrogen and oxygen atoms in total. The van der Waals surface area contributed by atoms with Crippen LogP contribution in [0.25, 0.3) is 0 Å². The van der Waals surface area contributed by atoms with Crippen molar-refractivity contribution in [3.63, 3.8) is 0 Å². The molecule has 0 aromatic carbocycles. The third-order valence-corrected chi connectivity index (χ3v) is 5.31. The number of fused-ring (bicyclic) bond motifs is 1. The van der Waals surface area contributed by atoms with Gasteiger partial charge in [-0.2, -0.15) is 0 Å². The summed E-state index contributed by atoms with van der Waals surface area (Å²) in [5.74, 6) is 3.28. The fourth-order valence-corrected chi connectivity index (χ4v) is 4.24. The third-order valence-electron chi connectivity index (χ3n) is 5.31. The van der Waals surface area contributed by atoms with Gasteiger partial charge in [-0.25, -0.2) is 0 Å². The number of hydrogen-bond donors (Lipinski definition) is 1. The second-order valence-electron chi connectivity index (χ2n) is 6.52. The molecule has 2 aliphatic carbocycles. The molecule has 1 N–H and O–H groups in total. The summed E-state index contributed by atoms with van der Waals surface area (Å²) >= 11 is 0. The Labute approximate surface area is 116 Å². The number of likely N-dealkylation sites (tertiary alicyclic amines) is 1. The number of rotatable bonds is 1. The van der Waals surface area contributed by atoms with Gasteiger partial charge >= 0.3 is 0 Å². The zero-order chi connectivity index (χ0) is 13.4. The number of aliphatic hydroxyl groups excluding tert-OH is 1. The largest absolute Gasteiger partial charge is 0.378 e. The van der Waals surface area contributed by atoms with Gasteiger partial charge in [0.25, 0.3) is 0 Å². The maximum absolute atomic E-state index is 10.0. The molecule has 3 rings (SSSR count). The van der Waals surface area contributed by atoms with Gasteiger partial charge in [-0.05, 0) is 49.5 Å². The van der Waals surface area contributed by atoms with Crippen LogP contribution in [-0.4, -0.2) is 29.8 Å². The number of hydrogen-bond acceptors (Lipinski definition) is 2. The number of aliphatic hydroxyl groups is 1. The highest BCUT2D eigenvalue weighted by molar-refractivity contribution is 5.16. The predicted molar refractivity (Wildman–Crippen MR) is 78.4 cm³/mol. The van der Waals surface area contributed by atoms with Gasteiger partial charge in [-0.15, -0.1) is 0 Å². The normalized spacial score (nSPS) is 46.3. The number of allylic oxidation sites excluding steroid dienone is 6. The Kier molecular flexibility index (Phi) is 3.64. The van der Waals surface area contributed by atoms with Gasteiger partial charge in [0.1, 0.15) is 6.23 Å². The molecule has 0 amide bonds. The van der Waals surface area contributed by atoms with Crippen LogP contribution >= 0.6 is 0 Å². The van der Waals surface area contributed by atoms with E-state index < -0.39 is 0 Å². The molecular formula is C17H25NO. The summed E-state index contributed by atoms with van der Waals surface area (Å²) in [5.41, 5.74) is 0. The summed E-state index contributed by atoms with van der Waals surface area (Å²) in [6, 6.07) is 0. The molecule has 0 bridgehead atoms. The van der Waals surface area contributed by atoms with E-state index in [1.807, 2.05) is 0 Å². The van der Waals surface area contributed by atoms with Crippen molar-refractivity contribution < 1.29 is 5.11 Å². The Morgan fingerprint density at radius 2 is 1.95 bits per heavy atom. The van der Waals surface area contributed by atoms with Crippen molar-refractivity contribution in [3.05, 3.63) is 36.5 Å². The van der Waals surface area contributed by atoms with Gasteiger partial charge in [0, 0.05) is 6.54 Å². The van der Waals surface area contributed by atoms with Crippen LogP contribution in [0.1, 0.15) is 19.8 Å².